The van der Waals surface area contributed by atoms with Gasteiger partial charge >= 0.3 is 5.97 Å². The molecule has 0 bridgehead atoms. The zero-order chi connectivity index (χ0) is 14.7. The fourth-order valence-electron chi connectivity index (χ4n) is 1.94. The third-order valence-corrected chi connectivity index (χ3v) is 3.24. The second-order valence-electron chi connectivity index (χ2n) is 4.71. The molecule has 1 heterocycles. The van der Waals surface area contributed by atoms with Crippen LogP contribution in [0.4, 0.5) is 5.69 Å². The first-order chi connectivity index (χ1) is 9.49. The number of aromatic nitrogens is 2. The number of anilines is 1. The Morgan fingerprint density at radius 2 is 2.20 bits per heavy atom. The molecule has 2 aromatic rings. The summed E-state index contributed by atoms with van der Waals surface area (Å²) in [6, 6.07) is 7.07. The highest BCUT2D eigenvalue weighted by Crippen LogP contribution is 2.21. The minimum absolute atomic E-state index is 0.0917. The van der Waals surface area contributed by atoms with Gasteiger partial charge in [0.1, 0.15) is 0 Å². The third kappa shape index (κ3) is 3.11. The Balaban J connectivity index is 2.13. The van der Waals surface area contributed by atoms with Crippen LogP contribution in [-0.4, -0.2) is 20.9 Å². The smallest absolute Gasteiger partial charge is 0.337 e. The number of benzene rings is 1. The zero-order valence-corrected chi connectivity index (χ0v) is 12.1. The number of carboxylic acids is 1. The molecular formula is C14H16ClN3O2. The number of nitrogens with one attached hydrogen (secondary N) is 1. The minimum atomic E-state index is -1.04. The molecule has 5 nitrogen and oxygen atoms in total. The third-order valence-electron chi connectivity index (χ3n) is 2.91. The molecule has 1 aromatic carbocycles. The van der Waals surface area contributed by atoms with Gasteiger partial charge in [-0.15, -0.1) is 0 Å². The Kier molecular flexibility index (Phi) is 4.29. The molecular weight excluding hydrogens is 278 g/mol. The van der Waals surface area contributed by atoms with Crippen molar-refractivity contribution < 1.29 is 9.90 Å². The van der Waals surface area contributed by atoms with E-state index < -0.39 is 5.97 Å². The summed E-state index contributed by atoms with van der Waals surface area (Å²) in [7, 11) is 0. The SMILES string of the molecule is CC(C)n1nccc1CNc1ccc(Cl)c(C(=O)O)c1. The number of rotatable bonds is 5. The number of hydrogen-bond donors (Lipinski definition) is 2. The molecule has 20 heavy (non-hydrogen) atoms. The van der Waals surface area contributed by atoms with E-state index in [0.717, 1.165) is 5.69 Å². The number of aromatic carboxylic acids is 1. The van der Waals surface area contributed by atoms with E-state index in [0.29, 0.717) is 12.2 Å². The van der Waals surface area contributed by atoms with Crippen molar-refractivity contribution in [3.05, 3.63) is 46.7 Å². The lowest BCUT2D eigenvalue weighted by Gasteiger charge is -2.12. The highest BCUT2D eigenvalue weighted by molar-refractivity contribution is 6.33. The fourth-order valence-corrected chi connectivity index (χ4v) is 2.14. The highest BCUT2D eigenvalue weighted by Gasteiger charge is 2.10. The molecule has 0 aliphatic heterocycles. The van der Waals surface area contributed by atoms with Crippen molar-refractivity contribution in [1.82, 2.24) is 9.78 Å². The molecule has 0 fully saturated rings. The summed E-state index contributed by atoms with van der Waals surface area (Å²) in [5.74, 6) is -1.04. The van der Waals surface area contributed by atoms with E-state index in [1.54, 1.807) is 18.3 Å². The lowest BCUT2D eigenvalue weighted by molar-refractivity contribution is 0.0697. The van der Waals surface area contributed by atoms with Crippen molar-refractivity contribution in [2.45, 2.75) is 26.4 Å². The maximum Gasteiger partial charge on any atom is 0.337 e. The fraction of sp³-hybridized carbons (Fsp3) is 0.286. The molecule has 0 saturated heterocycles. The van der Waals surface area contributed by atoms with Crippen molar-refractivity contribution in [2.24, 2.45) is 0 Å². The van der Waals surface area contributed by atoms with Gasteiger partial charge in [-0.25, -0.2) is 4.79 Å². The standard InChI is InChI=1S/C14H16ClN3O2/c1-9(2)18-11(5-6-17-18)8-16-10-3-4-13(15)12(7-10)14(19)20/h3-7,9,16H,8H2,1-2H3,(H,19,20). The number of nitrogens with zero attached hydrogens (tertiary/aromatic N) is 2. The predicted octanol–water partition coefficient (Wildman–Crippen LogP) is 3.43. The Bertz CT molecular complexity index is 623. The molecule has 0 aliphatic carbocycles. The van der Waals surface area contributed by atoms with Gasteiger partial charge in [0.25, 0.3) is 0 Å². The van der Waals surface area contributed by atoms with Crippen LogP contribution in [0.2, 0.25) is 5.02 Å². The maximum atomic E-state index is 11.0. The van der Waals surface area contributed by atoms with E-state index in [2.05, 4.69) is 24.3 Å². The maximum absolute atomic E-state index is 11.0. The summed E-state index contributed by atoms with van der Waals surface area (Å²) in [5.41, 5.74) is 1.84. The van der Waals surface area contributed by atoms with E-state index in [4.69, 9.17) is 16.7 Å². The molecule has 0 spiro atoms. The van der Waals surface area contributed by atoms with Crippen LogP contribution >= 0.6 is 11.6 Å². The van der Waals surface area contributed by atoms with Gasteiger partial charge in [0.2, 0.25) is 0 Å². The van der Waals surface area contributed by atoms with Crippen molar-refractivity contribution in [3.63, 3.8) is 0 Å². The van der Waals surface area contributed by atoms with Gasteiger partial charge in [-0.3, -0.25) is 4.68 Å². The number of hydrogen-bond acceptors (Lipinski definition) is 3. The van der Waals surface area contributed by atoms with Crippen LogP contribution in [0.3, 0.4) is 0 Å². The lowest BCUT2D eigenvalue weighted by Crippen LogP contribution is -2.11. The van der Waals surface area contributed by atoms with E-state index >= 15 is 0 Å². The molecule has 0 radical (unpaired) electrons. The van der Waals surface area contributed by atoms with Crippen LogP contribution in [0.5, 0.6) is 0 Å². The lowest BCUT2D eigenvalue weighted by atomic mass is 10.2. The molecule has 2 rings (SSSR count). The van der Waals surface area contributed by atoms with E-state index in [-0.39, 0.29) is 16.6 Å². The molecule has 2 N–H and O–H groups in total. The molecule has 1 aromatic heterocycles. The van der Waals surface area contributed by atoms with Gasteiger partial charge in [-0.2, -0.15) is 5.10 Å². The molecule has 0 unspecified atom stereocenters. The summed E-state index contributed by atoms with van der Waals surface area (Å²) in [4.78, 5) is 11.0. The van der Waals surface area contributed by atoms with Gasteiger partial charge in [0, 0.05) is 17.9 Å². The van der Waals surface area contributed by atoms with Crippen molar-refractivity contribution in [2.75, 3.05) is 5.32 Å². The topological polar surface area (TPSA) is 67.2 Å². The van der Waals surface area contributed by atoms with Crippen molar-refractivity contribution >= 4 is 23.3 Å². The summed E-state index contributed by atoms with van der Waals surface area (Å²) >= 11 is 5.83. The second kappa shape index (κ2) is 5.96. The van der Waals surface area contributed by atoms with Gasteiger partial charge in [-0.1, -0.05) is 11.6 Å². The summed E-state index contributed by atoms with van der Waals surface area (Å²) in [5, 5.41) is 16.7. The van der Waals surface area contributed by atoms with Crippen LogP contribution < -0.4 is 5.32 Å². The summed E-state index contributed by atoms with van der Waals surface area (Å²) in [6.07, 6.45) is 1.75. The predicted molar refractivity (Wildman–Crippen MR) is 78.4 cm³/mol. The first kappa shape index (κ1) is 14.4. The van der Waals surface area contributed by atoms with Crippen LogP contribution in [0, 0.1) is 0 Å². The highest BCUT2D eigenvalue weighted by atomic mass is 35.5. The Morgan fingerprint density at radius 1 is 1.45 bits per heavy atom. The van der Waals surface area contributed by atoms with Gasteiger partial charge in [0.15, 0.2) is 0 Å². The van der Waals surface area contributed by atoms with Crippen molar-refractivity contribution in [1.29, 1.82) is 0 Å². The first-order valence-corrected chi connectivity index (χ1v) is 6.66. The first-order valence-electron chi connectivity index (χ1n) is 6.28. The number of carboxylic acid groups (broad SMARTS) is 1. The molecule has 0 atom stereocenters. The molecule has 0 amide bonds. The van der Waals surface area contributed by atoms with Crippen LogP contribution in [-0.2, 0) is 6.54 Å². The molecule has 0 aliphatic rings. The average molecular weight is 294 g/mol. The summed E-state index contributed by atoms with van der Waals surface area (Å²) in [6.45, 7) is 4.68. The van der Waals surface area contributed by atoms with Gasteiger partial charge in [0.05, 0.1) is 22.8 Å². The summed E-state index contributed by atoms with van der Waals surface area (Å²) < 4.78 is 1.92. The Morgan fingerprint density at radius 3 is 2.85 bits per heavy atom. The largest absolute Gasteiger partial charge is 0.478 e. The van der Waals surface area contributed by atoms with Gasteiger partial charge < -0.3 is 10.4 Å². The quantitative estimate of drug-likeness (QED) is 0.886. The normalized spacial score (nSPS) is 10.8. The van der Waals surface area contributed by atoms with Crippen LogP contribution in [0.15, 0.2) is 30.5 Å². The van der Waals surface area contributed by atoms with Crippen LogP contribution in [0.25, 0.3) is 0 Å². The second-order valence-corrected chi connectivity index (χ2v) is 5.12. The van der Waals surface area contributed by atoms with E-state index in [1.165, 1.54) is 6.07 Å². The molecule has 0 saturated carbocycles. The van der Waals surface area contributed by atoms with Crippen molar-refractivity contribution in [3.8, 4) is 0 Å². The van der Waals surface area contributed by atoms with E-state index in [1.807, 2.05) is 10.7 Å². The zero-order valence-electron chi connectivity index (χ0n) is 11.3. The Hall–Kier alpha value is -2.01. The van der Waals surface area contributed by atoms with Gasteiger partial charge in [-0.05, 0) is 38.1 Å². The minimum Gasteiger partial charge on any atom is -0.478 e. The average Bonchev–Trinajstić information content (AvgIpc) is 2.86. The molecule has 106 valence electrons. The molecule has 6 heteroatoms. The number of halogens is 1. The van der Waals surface area contributed by atoms with E-state index in [9.17, 15) is 4.79 Å². The monoisotopic (exact) mass is 293 g/mol. The Labute approximate surface area is 122 Å². The van der Waals surface area contributed by atoms with Crippen LogP contribution in [0.1, 0.15) is 35.9 Å². The number of carbonyl (C=O) groups is 1.